The van der Waals surface area contributed by atoms with E-state index in [1.54, 1.807) is 12.5 Å². The zero-order valence-corrected chi connectivity index (χ0v) is 7.57. The first-order chi connectivity index (χ1) is 5.66. The Balaban J connectivity index is 2.98. The van der Waals surface area contributed by atoms with Crippen LogP contribution >= 0.6 is 0 Å². The van der Waals surface area contributed by atoms with Gasteiger partial charge in [0, 0.05) is 18.3 Å². The van der Waals surface area contributed by atoms with Crippen molar-refractivity contribution in [1.29, 1.82) is 0 Å². The predicted octanol–water partition coefficient (Wildman–Crippen LogP) is 1.65. The third-order valence-corrected chi connectivity index (χ3v) is 1.94. The standard InChI is InChI=1S/C9H15N3/c1-4-7(2)12-6-11-5-9(12)8(3)10/h4-8H,1,10H2,2-3H3. The van der Waals surface area contributed by atoms with Gasteiger partial charge in [0.2, 0.25) is 0 Å². The molecule has 1 aromatic rings. The minimum Gasteiger partial charge on any atom is -0.326 e. The topological polar surface area (TPSA) is 43.8 Å². The fourth-order valence-corrected chi connectivity index (χ4v) is 1.12. The van der Waals surface area contributed by atoms with Gasteiger partial charge in [-0.1, -0.05) is 6.08 Å². The molecule has 2 N–H and O–H groups in total. The van der Waals surface area contributed by atoms with Crippen LogP contribution in [-0.2, 0) is 0 Å². The van der Waals surface area contributed by atoms with Crippen molar-refractivity contribution in [3.8, 4) is 0 Å². The molecule has 0 aliphatic rings. The van der Waals surface area contributed by atoms with Crippen molar-refractivity contribution in [2.24, 2.45) is 5.73 Å². The van der Waals surface area contributed by atoms with Crippen molar-refractivity contribution in [1.82, 2.24) is 9.55 Å². The second kappa shape index (κ2) is 3.54. The Kier molecular flexibility index (Phi) is 2.65. The second-order valence-electron chi connectivity index (χ2n) is 2.99. The van der Waals surface area contributed by atoms with E-state index in [4.69, 9.17) is 5.73 Å². The quantitative estimate of drug-likeness (QED) is 0.692. The lowest BCUT2D eigenvalue weighted by molar-refractivity contribution is 0.597. The number of hydrogen-bond donors (Lipinski definition) is 1. The third-order valence-electron chi connectivity index (χ3n) is 1.94. The predicted molar refractivity (Wildman–Crippen MR) is 49.7 cm³/mol. The number of imidazole rings is 1. The first kappa shape index (κ1) is 9.00. The molecule has 3 nitrogen and oxygen atoms in total. The molecule has 1 rings (SSSR count). The first-order valence-corrected chi connectivity index (χ1v) is 4.06. The lowest BCUT2D eigenvalue weighted by Gasteiger charge is -2.14. The Morgan fingerprint density at radius 3 is 2.83 bits per heavy atom. The average Bonchev–Trinajstić information content (AvgIpc) is 2.50. The molecule has 3 heteroatoms. The Bertz CT molecular complexity index is 262. The lowest BCUT2D eigenvalue weighted by atomic mass is 10.2. The molecule has 1 aromatic heterocycles. The molecule has 0 bridgehead atoms. The summed E-state index contributed by atoms with van der Waals surface area (Å²) in [7, 11) is 0. The summed E-state index contributed by atoms with van der Waals surface area (Å²) >= 11 is 0. The Labute approximate surface area is 72.9 Å². The number of nitrogens with two attached hydrogens (primary N) is 1. The number of hydrogen-bond acceptors (Lipinski definition) is 2. The second-order valence-corrected chi connectivity index (χ2v) is 2.99. The van der Waals surface area contributed by atoms with Gasteiger partial charge >= 0.3 is 0 Å². The number of aromatic nitrogens is 2. The Hall–Kier alpha value is -1.09. The van der Waals surface area contributed by atoms with Gasteiger partial charge in [-0.25, -0.2) is 4.98 Å². The molecule has 0 spiro atoms. The zero-order chi connectivity index (χ0) is 9.14. The highest BCUT2D eigenvalue weighted by atomic mass is 15.1. The zero-order valence-electron chi connectivity index (χ0n) is 7.57. The largest absolute Gasteiger partial charge is 0.326 e. The fraction of sp³-hybridized carbons (Fsp3) is 0.444. The van der Waals surface area contributed by atoms with Crippen molar-refractivity contribution in [2.45, 2.75) is 25.9 Å². The number of allylic oxidation sites excluding steroid dienone is 1. The number of nitrogens with zero attached hydrogens (tertiary/aromatic N) is 2. The fourth-order valence-electron chi connectivity index (χ4n) is 1.12. The summed E-state index contributed by atoms with van der Waals surface area (Å²) in [5.41, 5.74) is 6.80. The molecule has 66 valence electrons. The van der Waals surface area contributed by atoms with Gasteiger partial charge < -0.3 is 10.3 Å². The average molecular weight is 165 g/mol. The van der Waals surface area contributed by atoms with E-state index in [0.29, 0.717) is 0 Å². The maximum atomic E-state index is 5.76. The molecule has 2 atom stereocenters. The van der Waals surface area contributed by atoms with Gasteiger partial charge in [-0.15, -0.1) is 6.58 Å². The van der Waals surface area contributed by atoms with Crippen LogP contribution in [0.3, 0.4) is 0 Å². The SMILES string of the molecule is C=CC(C)n1cncc1C(C)N. The lowest BCUT2D eigenvalue weighted by Crippen LogP contribution is -2.13. The van der Waals surface area contributed by atoms with Crippen LogP contribution in [0.5, 0.6) is 0 Å². The normalized spacial score (nSPS) is 15.6. The van der Waals surface area contributed by atoms with E-state index < -0.39 is 0 Å². The maximum absolute atomic E-state index is 5.76. The summed E-state index contributed by atoms with van der Waals surface area (Å²) in [4.78, 5) is 4.05. The van der Waals surface area contributed by atoms with Crippen molar-refractivity contribution in [2.75, 3.05) is 0 Å². The van der Waals surface area contributed by atoms with Gasteiger partial charge in [-0.2, -0.15) is 0 Å². The summed E-state index contributed by atoms with van der Waals surface area (Å²) in [6.07, 6.45) is 5.45. The molecule has 2 unspecified atom stereocenters. The summed E-state index contributed by atoms with van der Waals surface area (Å²) < 4.78 is 2.03. The Morgan fingerprint density at radius 1 is 1.67 bits per heavy atom. The van der Waals surface area contributed by atoms with E-state index in [-0.39, 0.29) is 12.1 Å². The van der Waals surface area contributed by atoms with E-state index in [0.717, 1.165) is 5.69 Å². The van der Waals surface area contributed by atoms with Crippen LogP contribution in [0, 0.1) is 0 Å². The van der Waals surface area contributed by atoms with Crippen LogP contribution in [-0.4, -0.2) is 9.55 Å². The summed E-state index contributed by atoms with van der Waals surface area (Å²) in [5, 5.41) is 0. The van der Waals surface area contributed by atoms with Gasteiger partial charge in [-0.05, 0) is 13.8 Å². The molecule has 0 amide bonds. The smallest absolute Gasteiger partial charge is 0.0954 e. The molecule has 0 saturated carbocycles. The highest BCUT2D eigenvalue weighted by molar-refractivity contribution is 5.06. The highest BCUT2D eigenvalue weighted by Crippen LogP contribution is 2.15. The van der Waals surface area contributed by atoms with E-state index in [2.05, 4.69) is 18.5 Å². The molecule has 0 aromatic carbocycles. The minimum atomic E-state index is 0.0231. The molecule has 12 heavy (non-hydrogen) atoms. The minimum absolute atomic E-state index is 0.0231. The molecular weight excluding hydrogens is 150 g/mol. The van der Waals surface area contributed by atoms with Crippen molar-refractivity contribution >= 4 is 0 Å². The Morgan fingerprint density at radius 2 is 2.33 bits per heavy atom. The number of rotatable bonds is 3. The molecule has 0 fully saturated rings. The van der Waals surface area contributed by atoms with Crippen molar-refractivity contribution in [3.05, 3.63) is 30.9 Å². The third kappa shape index (κ3) is 1.56. The highest BCUT2D eigenvalue weighted by Gasteiger charge is 2.08. The van der Waals surface area contributed by atoms with Gasteiger partial charge in [0.25, 0.3) is 0 Å². The van der Waals surface area contributed by atoms with Crippen LogP contribution < -0.4 is 5.73 Å². The van der Waals surface area contributed by atoms with E-state index in [1.165, 1.54) is 0 Å². The van der Waals surface area contributed by atoms with Crippen LogP contribution in [0.2, 0.25) is 0 Å². The first-order valence-electron chi connectivity index (χ1n) is 4.06. The summed E-state index contributed by atoms with van der Waals surface area (Å²) in [5.74, 6) is 0. The van der Waals surface area contributed by atoms with Crippen molar-refractivity contribution < 1.29 is 0 Å². The van der Waals surface area contributed by atoms with Crippen molar-refractivity contribution in [3.63, 3.8) is 0 Å². The van der Waals surface area contributed by atoms with Gasteiger partial charge in [0.05, 0.1) is 12.0 Å². The van der Waals surface area contributed by atoms with Crippen LogP contribution in [0.4, 0.5) is 0 Å². The molecule has 1 heterocycles. The van der Waals surface area contributed by atoms with E-state index in [1.807, 2.05) is 17.6 Å². The summed E-state index contributed by atoms with van der Waals surface area (Å²) in [6, 6.07) is 0.281. The van der Waals surface area contributed by atoms with Gasteiger partial charge in [-0.3, -0.25) is 0 Å². The molecule has 0 aliphatic heterocycles. The van der Waals surface area contributed by atoms with Gasteiger partial charge in [0.1, 0.15) is 0 Å². The summed E-state index contributed by atoms with van der Waals surface area (Å²) in [6.45, 7) is 7.73. The van der Waals surface area contributed by atoms with Crippen LogP contribution in [0.25, 0.3) is 0 Å². The van der Waals surface area contributed by atoms with E-state index in [9.17, 15) is 0 Å². The molecule has 0 saturated heterocycles. The monoisotopic (exact) mass is 165 g/mol. The van der Waals surface area contributed by atoms with Crippen LogP contribution in [0.1, 0.15) is 31.6 Å². The van der Waals surface area contributed by atoms with Crippen LogP contribution in [0.15, 0.2) is 25.2 Å². The maximum Gasteiger partial charge on any atom is 0.0954 e. The molecule has 0 aliphatic carbocycles. The van der Waals surface area contributed by atoms with Gasteiger partial charge in [0.15, 0.2) is 0 Å². The molecule has 0 radical (unpaired) electrons. The molecular formula is C9H15N3. The van der Waals surface area contributed by atoms with E-state index >= 15 is 0 Å².